The molecular weight excluding hydrogens is 425 g/mol. The Balaban J connectivity index is 1.57. The lowest BCUT2D eigenvalue weighted by Crippen LogP contribution is -2.31. The number of H-pyrrole nitrogens is 1. The van der Waals surface area contributed by atoms with Crippen molar-refractivity contribution in [1.82, 2.24) is 15.0 Å². The molecule has 8 nitrogen and oxygen atoms in total. The van der Waals surface area contributed by atoms with Gasteiger partial charge in [-0.15, -0.1) is 0 Å². The number of rotatable bonds is 2. The fourth-order valence-electron chi connectivity index (χ4n) is 4.29. The molecule has 0 bridgehead atoms. The minimum Gasteiger partial charge on any atom is -0.462 e. The molecule has 0 radical (unpaired) electrons. The third-order valence-electron chi connectivity index (χ3n) is 5.83. The number of ether oxygens (including phenoxy) is 2. The first-order chi connectivity index (χ1) is 16.0. The molecule has 2 aliphatic rings. The van der Waals surface area contributed by atoms with Gasteiger partial charge >= 0.3 is 0 Å². The second kappa shape index (κ2) is 6.99. The Kier molecular flexibility index (Phi) is 4.06. The van der Waals surface area contributed by atoms with Crippen molar-refractivity contribution in [2.45, 2.75) is 5.54 Å². The summed E-state index contributed by atoms with van der Waals surface area (Å²) in [5.41, 5.74) is 8.26. The molecule has 1 atom stereocenters. The number of nitrogens with one attached hydrogen (secondary N) is 1. The molecule has 3 aromatic heterocycles. The van der Waals surface area contributed by atoms with Gasteiger partial charge in [0.2, 0.25) is 11.5 Å². The van der Waals surface area contributed by atoms with E-state index in [2.05, 4.69) is 19.9 Å². The van der Waals surface area contributed by atoms with E-state index in [-0.39, 0.29) is 18.2 Å². The number of hydrogen-bond donors (Lipinski definition) is 2. The molecule has 0 saturated carbocycles. The minimum absolute atomic E-state index is 0.0429. The van der Waals surface area contributed by atoms with Crippen LogP contribution in [0.3, 0.4) is 0 Å². The summed E-state index contributed by atoms with van der Waals surface area (Å²) in [7, 11) is 0. The highest BCUT2D eigenvalue weighted by molar-refractivity contribution is 5.78. The smallest absolute Gasteiger partial charge is 0.283 e. The molecule has 1 spiro atoms. The van der Waals surface area contributed by atoms with Gasteiger partial charge in [0.15, 0.2) is 11.3 Å². The first-order valence-corrected chi connectivity index (χ1v) is 10.1. The third kappa shape index (κ3) is 2.97. The van der Waals surface area contributed by atoms with E-state index in [0.717, 1.165) is 0 Å². The zero-order chi connectivity index (χ0) is 22.6. The lowest BCUT2D eigenvalue weighted by molar-refractivity contribution is 0.264. The molecule has 0 fully saturated rings. The van der Waals surface area contributed by atoms with Crippen molar-refractivity contribution in [3.05, 3.63) is 94.5 Å². The number of benzene rings is 1. The van der Waals surface area contributed by atoms with E-state index in [9.17, 15) is 9.18 Å². The molecule has 0 saturated heterocycles. The summed E-state index contributed by atoms with van der Waals surface area (Å²) in [6.07, 6.45) is 4.55. The van der Waals surface area contributed by atoms with Crippen LogP contribution >= 0.6 is 0 Å². The summed E-state index contributed by atoms with van der Waals surface area (Å²) in [5.74, 6) is 0.469. The van der Waals surface area contributed by atoms with E-state index in [1.165, 1.54) is 12.3 Å². The Morgan fingerprint density at radius 1 is 1.03 bits per heavy atom. The third-order valence-corrected chi connectivity index (χ3v) is 5.83. The number of aromatic nitrogens is 3. The Morgan fingerprint density at radius 2 is 1.91 bits per heavy atom. The summed E-state index contributed by atoms with van der Waals surface area (Å²) in [4.78, 5) is 27.3. The maximum Gasteiger partial charge on any atom is 0.283 e. The standard InChI is InChI=1S/C24H16FN5O3/c25-22-15(2-1-6-28-22)13-3-4-19-16(8-13)24(12-32-23(26)30-24)17-10-18(29-11-20(17)33-19)14-5-7-27-21(31)9-14/h1-11H,12H2,(H2,26,30)(H,27,31)/t24-/m0/s1. The number of nitrogens with two attached hydrogens (primary N) is 1. The van der Waals surface area contributed by atoms with Gasteiger partial charge in [-0.1, -0.05) is 6.07 Å². The molecule has 0 amide bonds. The first kappa shape index (κ1) is 19.2. The summed E-state index contributed by atoms with van der Waals surface area (Å²) < 4.78 is 26.1. The number of nitrogens with zero attached hydrogens (tertiary/aromatic N) is 3. The van der Waals surface area contributed by atoms with E-state index >= 15 is 0 Å². The van der Waals surface area contributed by atoms with E-state index < -0.39 is 11.5 Å². The van der Waals surface area contributed by atoms with Gasteiger partial charge in [-0.3, -0.25) is 9.78 Å². The maximum absolute atomic E-state index is 14.4. The number of aliphatic imine (C=N–C) groups is 1. The predicted octanol–water partition coefficient (Wildman–Crippen LogP) is 3.33. The van der Waals surface area contributed by atoms with Crippen LogP contribution in [0, 0.1) is 5.95 Å². The first-order valence-electron chi connectivity index (χ1n) is 10.1. The molecule has 4 aromatic rings. The van der Waals surface area contributed by atoms with E-state index in [0.29, 0.717) is 45.0 Å². The molecule has 33 heavy (non-hydrogen) atoms. The highest BCUT2D eigenvalue weighted by atomic mass is 19.1. The van der Waals surface area contributed by atoms with Crippen LogP contribution in [0.4, 0.5) is 4.39 Å². The highest BCUT2D eigenvalue weighted by Crippen LogP contribution is 2.52. The zero-order valence-corrected chi connectivity index (χ0v) is 17.1. The van der Waals surface area contributed by atoms with Gasteiger partial charge in [0, 0.05) is 40.7 Å². The van der Waals surface area contributed by atoms with Crippen molar-refractivity contribution in [2.75, 3.05) is 6.61 Å². The number of aromatic amines is 1. The largest absolute Gasteiger partial charge is 0.462 e. The average molecular weight is 441 g/mol. The molecule has 162 valence electrons. The van der Waals surface area contributed by atoms with Crippen molar-refractivity contribution < 1.29 is 13.9 Å². The van der Waals surface area contributed by atoms with Gasteiger partial charge in [-0.2, -0.15) is 4.39 Å². The van der Waals surface area contributed by atoms with E-state index in [4.69, 9.17) is 15.2 Å². The molecule has 0 unspecified atom stereocenters. The van der Waals surface area contributed by atoms with Crippen molar-refractivity contribution in [3.8, 4) is 33.9 Å². The van der Waals surface area contributed by atoms with Crippen LogP contribution in [0.2, 0.25) is 0 Å². The van der Waals surface area contributed by atoms with Gasteiger partial charge in [-0.25, -0.2) is 9.98 Å². The van der Waals surface area contributed by atoms with Crippen molar-refractivity contribution >= 4 is 6.02 Å². The van der Waals surface area contributed by atoms with Crippen molar-refractivity contribution in [3.63, 3.8) is 0 Å². The lowest BCUT2D eigenvalue weighted by atomic mass is 9.80. The molecular formula is C24H16FN5O3. The Hall–Kier alpha value is -4.53. The van der Waals surface area contributed by atoms with E-state index in [1.54, 1.807) is 42.7 Å². The second-order valence-corrected chi connectivity index (χ2v) is 7.76. The molecule has 0 aliphatic carbocycles. The van der Waals surface area contributed by atoms with Gasteiger partial charge in [0.25, 0.3) is 6.02 Å². The Bertz CT molecular complexity index is 1520. The number of amidine groups is 1. The van der Waals surface area contributed by atoms with Crippen LogP contribution in [-0.4, -0.2) is 27.6 Å². The Labute approximate surface area is 186 Å². The fourth-order valence-corrected chi connectivity index (χ4v) is 4.29. The quantitative estimate of drug-likeness (QED) is 0.461. The number of hydrogen-bond acceptors (Lipinski definition) is 7. The zero-order valence-electron chi connectivity index (χ0n) is 17.1. The molecule has 5 heterocycles. The maximum atomic E-state index is 14.4. The lowest BCUT2D eigenvalue weighted by Gasteiger charge is -2.33. The molecule has 3 N–H and O–H groups in total. The molecule has 6 rings (SSSR count). The van der Waals surface area contributed by atoms with Crippen LogP contribution in [-0.2, 0) is 10.3 Å². The summed E-state index contributed by atoms with van der Waals surface area (Å²) in [6, 6.07) is 13.8. The van der Waals surface area contributed by atoms with E-state index in [1.807, 2.05) is 12.1 Å². The van der Waals surface area contributed by atoms with Crippen LogP contribution in [0.25, 0.3) is 22.4 Å². The summed E-state index contributed by atoms with van der Waals surface area (Å²) in [5, 5.41) is 0. The van der Waals surface area contributed by atoms with Crippen molar-refractivity contribution in [1.29, 1.82) is 0 Å². The number of fused-ring (bicyclic) bond motifs is 4. The van der Waals surface area contributed by atoms with Gasteiger partial charge < -0.3 is 20.2 Å². The van der Waals surface area contributed by atoms with Crippen LogP contribution < -0.4 is 16.0 Å². The molecule has 2 aliphatic heterocycles. The van der Waals surface area contributed by atoms with Crippen molar-refractivity contribution in [2.24, 2.45) is 10.7 Å². The fraction of sp³-hybridized carbons (Fsp3) is 0.0833. The predicted molar refractivity (Wildman–Crippen MR) is 118 cm³/mol. The Morgan fingerprint density at radius 3 is 2.70 bits per heavy atom. The average Bonchev–Trinajstić information content (AvgIpc) is 3.21. The number of halogens is 1. The SMILES string of the molecule is NC1=N[C@@]2(CO1)c1cc(-c3cccnc3F)ccc1Oc1cnc(-c3cc[nH]c(=O)c3)cc12. The number of pyridine rings is 3. The summed E-state index contributed by atoms with van der Waals surface area (Å²) >= 11 is 0. The minimum atomic E-state index is -1.01. The van der Waals surface area contributed by atoms with Crippen LogP contribution in [0.1, 0.15) is 11.1 Å². The second-order valence-electron chi connectivity index (χ2n) is 7.76. The topological polar surface area (TPSA) is 115 Å². The summed E-state index contributed by atoms with van der Waals surface area (Å²) in [6.45, 7) is 0.139. The van der Waals surface area contributed by atoms with Gasteiger partial charge in [-0.05, 0) is 42.0 Å². The van der Waals surface area contributed by atoms with Crippen LogP contribution in [0.5, 0.6) is 11.5 Å². The normalized spacial score (nSPS) is 18.2. The van der Waals surface area contributed by atoms with Gasteiger partial charge in [0.1, 0.15) is 12.4 Å². The molecule has 9 heteroatoms. The van der Waals surface area contributed by atoms with Crippen LogP contribution in [0.15, 0.2) is 76.9 Å². The molecule has 1 aromatic carbocycles. The monoisotopic (exact) mass is 441 g/mol. The van der Waals surface area contributed by atoms with Gasteiger partial charge in [0.05, 0.1) is 11.9 Å². The highest BCUT2D eigenvalue weighted by Gasteiger charge is 2.47.